The summed E-state index contributed by atoms with van der Waals surface area (Å²) in [6.45, 7) is 8.19. The number of hydrogen-bond donors (Lipinski definition) is 0. The van der Waals surface area contributed by atoms with Crippen molar-refractivity contribution in [3.63, 3.8) is 0 Å². The van der Waals surface area contributed by atoms with E-state index < -0.39 is 0 Å². The summed E-state index contributed by atoms with van der Waals surface area (Å²) < 4.78 is 0. The molecule has 0 amide bonds. The Bertz CT molecular complexity index is 328. The number of hydrogen-bond acceptors (Lipinski definition) is 1. The second-order valence-corrected chi connectivity index (χ2v) is 4.93. The molecule has 0 radical (unpaired) electrons. The number of ketones is 1. The smallest absolute Gasteiger partial charge is 0.171 e. The standard InChI is InChI=1S/C13H18O/c1-10-6-5-7-12(14)11(10)8-9-13(2,3)4/h5-7H2,1-4H3. The molecule has 0 bridgehead atoms. The first-order valence-corrected chi connectivity index (χ1v) is 5.16. The summed E-state index contributed by atoms with van der Waals surface area (Å²) in [6.07, 6.45) is 2.69. The Labute approximate surface area is 86.6 Å². The Morgan fingerprint density at radius 1 is 1.21 bits per heavy atom. The van der Waals surface area contributed by atoms with Gasteiger partial charge in [0.25, 0.3) is 0 Å². The molecule has 14 heavy (non-hydrogen) atoms. The van der Waals surface area contributed by atoms with Crippen LogP contribution in [0.15, 0.2) is 11.1 Å². The Kier molecular flexibility index (Phi) is 3.16. The maximum absolute atomic E-state index is 11.6. The lowest BCUT2D eigenvalue weighted by Gasteiger charge is -2.13. The van der Waals surface area contributed by atoms with Gasteiger partial charge in [-0.1, -0.05) is 17.4 Å². The molecule has 0 N–H and O–H groups in total. The molecule has 0 aromatic carbocycles. The molecule has 0 fully saturated rings. The van der Waals surface area contributed by atoms with E-state index in [-0.39, 0.29) is 11.2 Å². The van der Waals surface area contributed by atoms with Crippen LogP contribution in [0.5, 0.6) is 0 Å². The molecule has 0 aromatic rings. The van der Waals surface area contributed by atoms with Gasteiger partial charge in [0.2, 0.25) is 0 Å². The van der Waals surface area contributed by atoms with Gasteiger partial charge in [-0.05, 0) is 40.5 Å². The maximum Gasteiger partial charge on any atom is 0.171 e. The van der Waals surface area contributed by atoms with Crippen LogP contribution in [0.2, 0.25) is 0 Å². The fourth-order valence-electron chi connectivity index (χ4n) is 1.43. The topological polar surface area (TPSA) is 17.1 Å². The van der Waals surface area contributed by atoms with Crippen molar-refractivity contribution in [2.24, 2.45) is 5.41 Å². The summed E-state index contributed by atoms with van der Waals surface area (Å²) in [5.74, 6) is 6.39. The van der Waals surface area contributed by atoms with Crippen LogP contribution in [0.25, 0.3) is 0 Å². The van der Waals surface area contributed by atoms with Gasteiger partial charge in [0, 0.05) is 11.8 Å². The van der Waals surface area contributed by atoms with Crippen LogP contribution < -0.4 is 0 Å². The average molecular weight is 190 g/mol. The monoisotopic (exact) mass is 190 g/mol. The highest BCUT2D eigenvalue weighted by Gasteiger charge is 2.16. The Morgan fingerprint density at radius 2 is 1.86 bits per heavy atom. The molecule has 0 saturated carbocycles. The van der Waals surface area contributed by atoms with Gasteiger partial charge in [0.15, 0.2) is 5.78 Å². The van der Waals surface area contributed by atoms with Crippen LogP contribution in [0.1, 0.15) is 47.0 Å². The quantitative estimate of drug-likeness (QED) is 0.536. The van der Waals surface area contributed by atoms with E-state index in [1.165, 1.54) is 0 Å². The second kappa shape index (κ2) is 4.00. The molecule has 1 nitrogen and oxygen atoms in total. The Hall–Kier alpha value is -1.03. The van der Waals surface area contributed by atoms with Crippen molar-refractivity contribution in [2.45, 2.75) is 47.0 Å². The lowest BCUT2D eigenvalue weighted by atomic mass is 9.90. The van der Waals surface area contributed by atoms with Gasteiger partial charge in [-0.3, -0.25) is 4.79 Å². The summed E-state index contributed by atoms with van der Waals surface area (Å²) in [5, 5.41) is 0. The van der Waals surface area contributed by atoms with Crippen molar-refractivity contribution < 1.29 is 4.79 Å². The van der Waals surface area contributed by atoms with Crippen molar-refractivity contribution >= 4 is 5.78 Å². The molecule has 1 rings (SSSR count). The lowest BCUT2D eigenvalue weighted by molar-refractivity contribution is -0.115. The largest absolute Gasteiger partial charge is 0.293 e. The van der Waals surface area contributed by atoms with Crippen LogP contribution in [0, 0.1) is 17.3 Å². The third kappa shape index (κ3) is 3.03. The molecule has 0 unspecified atom stereocenters. The lowest BCUT2D eigenvalue weighted by Crippen LogP contribution is -2.10. The van der Waals surface area contributed by atoms with Crippen LogP contribution in [-0.2, 0) is 4.79 Å². The number of Topliss-reactive ketones (excluding diaryl/α,β-unsaturated/α-hetero) is 1. The SMILES string of the molecule is CC1=C(C#CC(C)(C)C)C(=O)CCC1. The molecule has 0 spiro atoms. The van der Waals surface area contributed by atoms with Crippen LogP contribution >= 0.6 is 0 Å². The number of carbonyl (C=O) groups excluding carboxylic acids is 1. The first kappa shape index (κ1) is 11.0. The molecular formula is C13H18O. The number of carbonyl (C=O) groups is 1. The summed E-state index contributed by atoms with van der Waals surface area (Å²) in [7, 11) is 0. The van der Waals surface area contributed by atoms with Crippen molar-refractivity contribution in [2.75, 3.05) is 0 Å². The fraction of sp³-hybridized carbons (Fsp3) is 0.615. The highest BCUT2D eigenvalue weighted by atomic mass is 16.1. The van der Waals surface area contributed by atoms with Gasteiger partial charge < -0.3 is 0 Å². The molecule has 1 aliphatic carbocycles. The zero-order valence-electron chi connectivity index (χ0n) is 9.53. The van der Waals surface area contributed by atoms with E-state index in [9.17, 15) is 4.79 Å². The molecule has 1 heteroatoms. The normalized spacial score (nSPS) is 17.9. The minimum Gasteiger partial charge on any atom is -0.293 e. The van der Waals surface area contributed by atoms with E-state index in [4.69, 9.17) is 0 Å². The van der Waals surface area contributed by atoms with Gasteiger partial charge in [-0.2, -0.15) is 0 Å². The zero-order chi connectivity index (χ0) is 10.8. The fourth-order valence-corrected chi connectivity index (χ4v) is 1.43. The molecule has 0 atom stereocenters. The van der Waals surface area contributed by atoms with E-state index in [1.807, 2.05) is 6.92 Å². The third-order valence-electron chi connectivity index (χ3n) is 2.22. The van der Waals surface area contributed by atoms with Crippen molar-refractivity contribution in [3.05, 3.63) is 11.1 Å². The molecule has 0 aromatic heterocycles. The maximum atomic E-state index is 11.6. The van der Waals surface area contributed by atoms with E-state index in [0.717, 1.165) is 24.0 Å². The van der Waals surface area contributed by atoms with E-state index in [1.54, 1.807) is 0 Å². The summed E-state index contributed by atoms with van der Waals surface area (Å²) in [4.78, 5) is 11.6. The molecule has 76 valence electrons. The highest BCUT2D eigenvalue weighted by Crippen LogP contribution is 2.21. The van der Waals surface area contributed by atoms with Crippen LogP contribution in [0.4, 0.5) is 0 Å². The summed E-state index contributed by atoms with van der Waals surface area (Å²) in [5.41, 5.74) is 1.91. The van der Waals surface area contributed by atoms with E-state index in [2.05, 4.69) is 32.6 Å². The Morgan fingerprint density at radius 3 is 2.36 bits per heavy atom. The van der Waals surface area contributed by atoms with Gasteiger partial charge >= 0.3 is 0 Å². The predicted molar refractivity (Wildman–Crippen MR) is 58.8 cm³/mol. The third-order valence-corrected chi connectivity index (χ3v) is 2.22. The predicted octanol–water partition coefficient (Wildman–Crippen LogP) is 3.11. The molecule has 1 aliphatic rings. The molecule has 0 heterocycles. The van der Waals surface area contributed by atoms with Crippen LogP contribution in [0.3, 0.4) is 0 Å². The molecule has 0 aliphatic heterocycles. The first-order chi connectivity index (χ1) is 6.40. The highest BCUT2D eigenvalue weighted by molar-refractivity contribution is 6.01. The average Bonchev–Trinajstić information content (AvgIpc) is 2.01. The second-order valence-electron chi connectivity index (χ2n) is 4.93. The first-order valence-electron chi connectivity index (χ1n) is 5.16. The van der Waals surface area contributed by atoms with Crippen LogP contribution in [-0.4, -0.2) is 5.78 Å². The molecular weight excluding hydrogens is 172 g/mol. The number of allylic oxidation sites excluding steroid dienone is 2. The number of rotatable bonds is 0. The van der Waals surface area contributed by atoms with Crippen molar-refractivity contribution in [3.8, 4) is 11.8 Å². The zero-order valence-corrected chi connectivity index (χ0v) is 9.53. The molecule has 0 saturated heterocycles. The van der Waals surface area contributed by atoms with Gasteiger partial charge in [-0.15, -0.1) is 0 Å². The van der Waals surface area contributed by atoms with E-state index >= 15 is 0 Å². The minimum atomic E-state index is -0.0228. The van der Waals surface area contributed by atoms with Crippen molar-refractivity contribution in [1.82, 2.24) is 0 Å². The van der Waals surface area contributed by atoms with Gasteiger partial charge in [-0.25, -0.2) is 0 Å². The van der Waals surface area contributed by atoms with Gasteiger partial charge in [0.05, 0.1) is 5.57 Å². The van der Waals surface area contributed by atoms with Gasteiger partial charge in [0.1, 0.15) is 0 Å². The summed E-state index contributed by atoms with van der Waals surface area (Å²) >= 11 is 0. The van der Waals surface area contributed by atoms with E-state index in [0.29, 0.717) is 6.42 Å². The minimum absolute atomic E-state index is 0.0228. The summed E-state index contributed by atoms with van der Waals surface area (Å²) in [6, 6.07) is 0. The Balaban J connectivity index is 2.94. The van der Waals surface area contributed by atoms with Crippen molar-refractivity contribution in [1.29, 1.82) is 0 Å².